The van der Waals surface area contributed by atoms with Crippen LogP contribution in [-0.2, 0) is 0 Å². The summed E-state index contributed by atoms with van der Waals surface area (Å²) in [7, 11) is 0. The number of hydrogen-bond donors (Lipinski definition) is 0. The molecule has 0 saturated heterocycles. The summed E-state index contributed by atoms with van der Waals surface area (Å²) in [6, 6.07) is 68.1. The van der Waals surface area contributed by atoms with E-state index in [2.05, 4.69) is 98.6 Å². The number of fused-ring (bicyclic) bond motifs is 12. The molecule has 9 aromatic carbocycles. The second-order valence-electron chi connectivity index (χ2n) is 16.7. The zero-order chi connectivity index (χ0) is 44.2. The topological polar surface area (TPSA) is 101 Å². The summed E-state index contributed by atoms with van der Waals surface area (Å²) >= 11 is 0. The van der Waals surface area contributed by atoms with Gasteiger partial charge in [0, 0.05) is 54.8 Å². The van der Waals surface area contributed by atoms with Gasteiger partial charge in [-0.2, -0.15) is 10.5 Å². The second-order valence-corrected chi connectivity index (χ2v) is 16.7. The molecule has 0 fully saturated rings. The van der Waals surface area contributed by atoms with Crippen LogP contribution >= 0.6 is 0 Å². The molecule has 0 amide bonds. The largest absolute Gasteiger partial charge is 0.309 e. The Morgan fingerprint density at radius 1 is 0.273 bits per heavy atom. The predicted octanol–water partition coefficient (Wildman–Crippen LogP) is 12.5. The van der Waals surface area contributed by atoms with Gasteiger partial charge < -0.3 is 13.7 Å². The third-order valence-electron chi connectivity index (χ3n) is 13.2. The van der Waals surface area contributed by atoms with Crippen molar-refractivity contribution in [3.05, 3.63) is 226 Å². The van der Waals surface area contributed by atoms with Crippen LogP contribution in [0.5, 0.6) is 0 Å². The van der Waals surface area contributed by atoms with Gasteiger partial charge in [0.05, 0.1) is 67.4 Å². The van der Waals surface area contributed by atoms with Crippen molar-refractivity contribution in [2.45, 2.75) is 0 Å². The Bertz CT molecular complexity index is 4450. The number of rotatable bonds is 4. The van der Waals surface area contributed by atoms with E-state index in [-0.39, 0.29) is 0 Å². The van der Waals surface area contributed by atoms with Gasteiger partial charge >= 0.3 is 0 Å². The monoisotopic (exact) mass is 844 g/mol. The Morgan fingerprint density at radius 2 is 0.636 bits per heavy atom. The molecule has 0 aliphatic heterocycles. The average Bonchev–Trinajstić information content (AvgIpc) is 3.98. The lowest BCUT2D eigenvalue weighted by Crippen LogP contribution is -2.28. The van der Waals surface area contributed by atoms with Crippen LogP contribution in [0.4, 0.5) is 0 Å². The van der Waals surface area contributed by atoms with E-state index in [0.717, 1.165) is 82.5 Å². The molecule has 13 rings (SSSR count). The molecule has 0 aliphatic carbocycles. The average molecular weight is 845 g/mol. The van der Waals surface area contributed by atoms with Gasteiger partial charge in [-0.1, -0.05) is 72.8 Å². The molecule has 0 atom stereocenters. The summed E-state index contributed by atoms with van der Waals surface area (Å²) < 4.78 is 7.93. The van der Waals surface area contributed by atoms with Crippen LogP contribution in [0.25, 0.3) is 110 Å². The summed E-state index contributed by atoms with van der Waals surface area (Å²) in [4.78, 5) is 30.5. The summed E-state index contributed by atoms with van der Waals surface area (Å²) in [5.74, 6) is 0. The fourth-order valence-electron chi connectivity index (χ4n) is 10.3. The van der Waals surface area contributed by atoms with Gasteiger partial charge in [-0.25, -0.2) is 4.57 Å². The highest BCUT2D eigenvalue weighted by Crippen LogP contribution is 2.40. The number of nitrogens with zero attached hydrogens (tertiary/aromatic N) is 6. The lowest BCUT2D eigenvalue weighted by atomic mass is 10.0. The Labute approximate surface area is 375 Å². The van der Waals surface area contributed by atoms with E-state index < -0.39 is 11.1 Å². The van der Waals surface area contributed by atoms with E-state index in [1.165, 1.54) is 4.57 Å². The molecule has 306 valence electrons. The maximum atomic E-state index is 15.2. The highest BCUT2D eigenvalue weighted by atomic mass is 16.2. The molecule has 0 saturated carbocycles. The molecule has 0 spiro atoms. The lowest BCUT2D eigenvalue weighted by molar-refractivity contribution is 0.976. The molecule has 0 N–H and O–H groups in total. The minimum Gasteiger partial charge on any atom is -0.309 e. The molecule has 4 aromatic heterocycles. The van der Waals surface area contributed by atoms with E-state index >= 15 is 9.59 Å². The third-order valence-corrected chi connectivity index (χ3v) is 13.2. The molecule has 0 radical (unpaired) electrons. The summed E-state index contributed by atoms with van der Waals surface area (Å²) in [6.45, 7) is 0. The Kier molecular flexibility index (Phi) is 7.87. The quantitative estimate of drug-likeness (QED) is 0.176. The summed E-state index contributed by atoms with van der Waals surface area (Å²) in [6.07, 6.45) is 0. The van der Waals surface area contributed by atoms with Crippen molar-refractivity contribution in [2.75, 3.05) is 0 Å². The fraction of sp³-hybridized carbons (Fsp3) is 0. The summed E-state index contributed by atoms with van der Waals surface area (Å²) in [5, 5.41) is 27.2. The first-order valence-electron chi connectivity index (χ1n) is 21.6. The van der Waals surface area contributed by atoms with E-state index in [0.29, 0.717) is 38.4 Å². The molecule has 0 unspecified atom stereocenters. The fourth-order valence-corrected chi connectivity index (χ4v) is 10.3. The van der Waals surface area contributed by atoms with E-state index in [1.54, 1.807) is 24.3 Å². The Hall–Kier alpha value is -9.50. The summed E-state index contributed by atoms with van der Waals surface area (Å²) in [5.41, 5.74) is 9.28. The van der Waals surface area contributed by atoms with E-state index in [1.807, 2.05) is 97.1 Å². The van der Waals surface area contributed by atoms with Crippen molar-refractivity contribution < 1.29 is 0 Å². The molecule has 13 aromatic rings. The molecule has 8 nitrogen and oxygen atoms in total. The smallest absolute Gasteiger partial charge is 0.266 e. The second kappa shape index (κ2) is 14.0. The minimum absolute atomic E-state index is 0.398. The van der Waals surface area contributed by atoms with Crippen LogP contribution < -0.4 is 11.1 Å². The number of nitriles is 2. The number of benzene rings is 9. The molecule has 0 bridgehead atoms. The van der Waals surface area contributed by atoms with E-state index in [9.17, 15) is 10.5 Å². The molecular formula is C58H32N6O2. The Morgan fingerprint density at radius 3 is 1.17 bits per heavy atom. The number of hydrogen-bond acceptors (Lipinski definition) is 4. The molecule has 0 aliphatic rings. The highest BCUT2D eigenvalue weighted by molar-refractivity contribution is 6.21. The maximum Gasteiger partial charge on any atom is 0.266 e. The van der Waals surface area contributed by atoms with Crippen molar-refractivity contribution in [1.29, 1.82) is 10.5 Å². The van der Waals surface area contributed by atoms with Crippen molar-refractivity contribution in [3.63, 3.8) is 0 Å². The van der Waals surface area contributed by atoms with Crippen LogP contribution in [0.1, 0.15) is 11.1 Å². The normalized spacial score (nSPS) is 11.7. The zero-order valence-electron chi connectivity index (χ0n) is 35.0. The van der Waals surface area contributed by atoms with Crippen LogP contribution in [0, 0.1) is 22.7 Å². The number of para-hydroxylation sites is 4. The highest BCUT2D eigenvalue weighted by Gasteiger charge is 2.22. The lowest BCUT2D eigenvalue weighted by Gasteiger charge is -2.11. The van der Waals surface area contributed by atoms with Crippen molar-refractivity contribution in [1.82, 2.24) is 18.3 Å². The van der Waals surface area contributed by atoms with Gasteiger partial charge in [0.15, 0.2) is 0 Å². The van der Waals surface area contributed by atoms with Crippen LogP contribution in [0.15, 0.2) is 204 Å². The Balaban J connectivity index is 1.16. The van der Waals surface area contributed by atoms with Crippen molar-refractivity contribution in [3.8, 4) is 34.9 Å². The molecule has 8 heteroatoms. The predicted molar refractivity (Wildman–Crippen MR) is 266 cm³/mol. The van der Waals surface area contributed by atoms with Crippen LogP contribution in [0.2, 0.25) is 0 Å². The van der Waals surface area contributed by atoms with Gasteiger partial charge in [-0.3, -0.25) is 9.59 Å². The molecular weight excluding hydrogens is 813 g/mol. The van der Waals surface area contributed by atoms with Gasteiger partial charge in [0.25, 0.3) is 11.1 Å². The van der Waals surface area contributed by atoms with E-state index in [4.69, 9.17) is 0 Å². The molecule has 4 heterocycles. The minimum atomic E-state index is -0.419. The first-order chi connectivity index (χ1) is 32.5. The third kappa shape index (κ3) is 5.24. The van der Waals surface area contributed by atoms with Crippen LogP contribution in [-0.4, -0.2) is 18.3 Å². The first-order valence-corrected chi connectivity index (χ1v) is 21.6. The van der Waals surface area contributed by atoms with Gasteiger partial charge in [-0.15, -0.1) is 0 Å². The first kappa shape index (κ1) is 37.1. The van der Waals surface area contributed by atoms with Gasteiger partial charge in [0.2, 0.25) is 0 Å². The molecule has 66 heavy (non-hydrogen) atoms. The van der Waals surface area contributed by atoms with Gasteiger partial charge in [-0.05, 0) is 132 Å². The van der Waals surface area contributed by atoms with Crippen LogP contribution in [0.3, 0.4) is 0 Å². The SMILES string of the molecule is N#Cc1ccc(-n2c3ccccc3c3cc(-n4c5ccccc5c5cc6c(=O)n(-c7ccccc7)c(=O)c7cc8c(cc7c6cc54)c4ccccc4n8-c4ccc(C#N)cc4)ccc32)cc1. The maximum absolute atomic E-state index is 15.2. The van der Waals surface area contributed by atoms with Crippen molar-refractivity contribution >= 4 is 87.0 Å². The van der Waals surface area contributed by atoms with Crippen molar-refractivity contribution in [2.24, 2.45) is 0 Å². The number of aromatic nitrogens is 4. The standard InChI is InChI=1S/C58H32N6O2/c59-33-35-18-22-38(23-19-35)61-51-15-7-4-12-41(51)46-28-40(26-27-54(46)61)63-53-17-9-6-14-43(53)48-30-49-45(31-55(48)63)44-29-47-42-13-5-8-16-52(42)62(39-24-20-36(34-60)21-25-39)56(47)32-50(44)58(66)64(57(49)65)37-10-2-1-3-11-37/h1-32H. The zero-order valence-corrected chi connectivity index (χ0v) is 35.0. The van der Waals surface area contributed by atoms with Gasteiger partial charge in [0.1, 0.15) is 0 Å².